The van der Waals surface area contributed by atoms with Crippen molar-refractivity contribution in [3.05, 3.63) is 56.2 Å². The highest BCUT2D eigenvalue weighted by Crippen LogP contribution is 2.29. The van der Waals surface area contributed by atoms with Crippen LogP contribution in [-0.2, 0) is 6.42 Å². The van der Waals surface area contributed by atoms with Crippen molar-refractivity contribution in [2.75, 3.05) is 6.54 Å². The predicted octanol–water partition coefficient (Wildman–Crippen LogP) is 5.10. The number of thiophene rings is 1. The minimum absolute atomic E-state index is 0.415. The molecule has 0 spiro atoms. The first-order chi connectivity index (χ1) is 9.22. The maximum atomic E-state index is 3.68. The minimum atomic E-state index is 0.415. The molecule has 0 aliphatic carbocycles. The Bertz CT molecular complexity index is 521. The lowest BCUT2D eigenvalue weighted by atomic mass is 10.0. The van der Waals surface area contributed by atoms with Crippen LogP contribution in [0.2, 0.25) is 0 Å². The van der Waals surface area contributed by atoms with Gasteiger partial charge in [-0.2, -0.15) is 0 Å². The molecule has 2 aromatic rings. The average Bonchev–Trinajstić information content (AvgIpc) is 2.83. The van der Waals surface area contributed by atoms with Gasteiger partial charge in [0, 0.05) is 15.4 Å². The number of hydrogen-bond acceptors (Lipinski definition) is 2. The van der Waals surface area contributed by atoms with Crippen LogP contribution < -0.4 is 5.32 Å². The van der Waals surface area contributed by atoms with Crippen LogP contribution in [0.4, 0.5) is 0 Å². The fourth-order valence-electron chi connectivity index (χ4n) is 2.20. The number of aryl methyl sites for hydroxylation is 1. The lowest BCUT2D eigenvalue weighted by Crippen LogP contribution is -2.24. The summed E-state index contributed by atoms with van der Waals surface area (Å²) in [6.45, 7) is 5.47. The largest absolute Gasteiger partial charge is 0.309 e. The summed E-state index contributed by atoms with van der Waals surface area (Å²) in [5, 5.41) is 5.86. The van der Waals surface area contributed by atoms with E-state index in [0.29, 0.717) is 6.04 Å². The van der Waals surface area contributed by atoms with Gasteiger partial charge in [0.1, 0.15) is 0 Å². The van der Waals surface area contributed by atoms with E-state index in [9.17, 15) is 0 Å². The van der Waals surface area contributed by atoms with Crippen molar-refractivity contribution < 1.29 is 0 Å². The van der Waals surface area contributed by atoms with Gasteiger partial charge in [-0.15, -0.1) is 11.3 Å². The smallest absolute Gasteiger partial charge is 0.0458 e. The quantitative estimate of drug-likeness (QED) is 0.772. The van der Waals surface area contributed by atoms with Crippen LogP contribution in [0, 0.1) is 6.92 Å². The molecule has 0 saturated carbocycles. The molecule has 0 bridgehead atoms. The van der Waals surface area contributed by atoms with Gasteiger partial charge in [-0.1, -0.05) is 41.1 Å². The Morgan fingerprint density at radius 1 is 1.26 bits per heavy atom. The van der Waals surface area contributed by atoms with Gasteiger partial charge in [0.25, 0.3) is 0 Å². The summed E-state index contributed by atoms with van der Waals surface area (Å²) in [6.07, 6.45) is 2.19. The number of nitrogens with one attached hydrogen (secondary N) is 1. The first-order valence-corrected chi connectivity index (χ1v) is 8.40. The van der Waals surface area contributed by atoms with Crippen molar-refractivity contribution in [1.82, 2.24) is 5.32 Å². The van der Waals surface area contributed by atoms with Crippen molar-refractivity contribution in [2.24, 2.45) is 0 Å². The molecule has 1 nitrogen and oxygen atoms in total. The Morgan fingerprint density at radius 2 is 2.05 bits per heavy atom. The zero-order valence-electron chi connectivity index (χ0n) is 11.4. The van der Waals surface area contributed by atoms with Crippen LogP contribution in [0.3, 0.4) is 0 Å². The van der Waals surface area contributed by atoms with Gasteiger partial charge in [-0.05, 0) is 54.9 Å². The van der Waals surface area contributed by atoms with Crippen molar-refractivity contribution in [1.29, 1.82) is 0 Å². The minimum Gasteiger partial charge on any atom is -0.309 e. The molecule has 1 aromatic heterocycles. The van der Waals surface area contributed by atoms with E-state index in [-0.39, 0.29) is 0 Å². The second-order valence-electron chi connectivity index (χ2n) is 4.77. The fraction of sp³-hybridized carbons (Fsp3) is 0.375. The highest BCUT2D eigenvalue weighted by molar-refractivity contribution is 9.10. The van der Waals surface area contributed by atoms with Crippen LogP contribution in [-0.4, -0.2) is 6.54 Å². The summed E-state index contributed by atoms with van der Waals surface area (Å²) in [5.41, 5.74) is 2.76. The summed E-state index contributed by atoms with van der Waals surface area (Å²) in [4.78, 5) is 1.46. The maximum absolute atomic E-state index is 3.68. The summed E-state index contributed by atoms with van der Waals surface area (Å²) in [7, 11) is 0. The molecule has 1 N–H and O–H groups in total. The summed E-state index contributed by atoms with van der Waals surface area (Å²) < 4.78 is 1.20. The topological polar surface area (TPSA) is 12.0 Å². The molecule has 1 aromatic carbocycles. The van der Waals surface area contributed by atoms with E-state index in [2.05, 4.69) is 70.8 Å². The Balaban J connectivity index is 2.19. The Hall–Kier alpha value is -0.640. The van der Waals surface area contributed by atoms with E-state index >= 15 is 0 Å². The third kappa shape index (κ3) is 3.91. The van der Waals surface area contributed by atoms with Gasteiger partial charge in [-0.25, -0.2) is 0 Å². The van der Waals surface area contributed by atoms with E-state index in [4.69, 9.17) is 0 Å². The zero-order valence-corrected chi connectivity index (χ0v) is 13.9. The molecular weight excluding hydrogens is 318 g/mol. The van der Waals surface area contributed by atoms with Crippen LogP contribution in [0.5, 0.6) is 0 Å². The van der Waals surface area contributed by atoms with Gasteiger partial charge < -0.3 is 5.32 Å². The number of halogens is 1. The fourth-order valence-corrected chi connectivity index (χ4v) is 3.65. The molecule has 1 atom stereocenters. The maximum Gasteiger partial charge on any atom is 0.0458 e. The highest BCUT2D eigenvalue weighted by atomic mass is 79.9. The lowest BCUT2D eigenvalue weighted by Gasteiger charge is -2.19. The SMILES string of the molecule is CCCNC(Cc1ccccc1Br)c1sccc1C. The number of benzene rings is 1. The molecular formula is C16H20BrNS. The molecule has 0 aliphatic heterocycles. The summed E-state index contributed by atoms with van der Waals surface area (Å²) in [6, 6.07) is 11.1. The molecule has 3 heteroatoms. The third-order valence-corrected chi connectivity index (χ3v) is 5.15. The molecule has 0 aliphatic rings. The normalized spacial score (nSPS) is 12.6. The molecule has 102 valence electrons. The van der Waals surface area contributed by atoms with Crippen LogP contribution in [0.15, 0.2) is 40.2 Å². The van der Waals surface area contributed by atoms with E-state index < -0.39 is 0 Å². The number of rotatable bonds is 6. The Kier molecular flexibility index (Phi) is 5.61. The van der Waals surface area contributed by atoms with Gasteiger partial charge in [0.05, 0.1) is 0 Å². The van der Waals surface area contributed by atoms with Crippen molar-refractivity contribution in [2.45, 2.75) is 32.7 Å². The summed E-state index contributed by atoms with van der Waals surface area (Å²) >= 11 is 5.51. The van der Waals surface area contributed by atoms with E-state index in [1.165, 1.54) is 20.5 Å². The molecule has 1 heterocycles. The first kappa shape index (κ1) is 14.8. The average molecular weight is 338 g/mol. The highest BCUT2D eigenvalue weighted by Gasteiger charge is 2.16. The van der Waals surface area contributed by atoms with Gasteiger partial charge >= 0.3 is 0 Å². The molecule has 0 amide bonds. The second-order valence-corrected chi connectivity index (χ2v) is 6.57. The molecule has 19 heavy (non-hydrogen) atoms. The molecule has 0 radical (unpaired) electrons. The van der Waals surface area contributed by atoms with Crippen molar-refractivity contribution in [3.63, 3.8) is 0 Å². The first-order valence-electron chi connectivity index (χ1n) is 6.73. The molecule has 2 rings (SSSR count). The van der Waals surface area contributed by atoms with E-state index in [1.54, 1.807) is 0 Å². The van der Waals surface area contributed by atoms with Crippen molar-refractivity contribution >= 4 is 27.3 Å². The predicted molar refractivity (Wildman–Crippen MR) is 87.9 cm³/mol. The molecule has 1 unspecified atom stereocenters. The van der Waals surface area contributed by atoms with Gasteiger partial charge in [-0.3, -0.25) is 0 Å². The Morgan fingerprint density at radius 3 is 2.68 bits per heavy atom. The molecule has 0 saturated heterocycles. The van der Waals surface area contributed by atoms with E-state index in [0.717, 1.165) is 19.4 Å². The third-order valence-electron chi connectivity index (χ3n) is 3.24. The van der Waals surface area contributed by atoms with Gasteiger partial charge in [0.2, 0.25) is 0 Å². The van der Waals surface area contributed by atoms with Crippen LogP contribution >= 0.6 is 27.3 Å². The monoisotopic (exact) mass is 337 g/mol. The Labute approximate surface area is 128 Å². The van der Waals surface area contributed by atoms with Crippen LogP contribution in [0.1, 0.15) is 35.4 Å². The van der Waals surface area contributed by atoms with E-state index in [1.807, 2.05) is 11.3 Å². The number of hydrogen-bond donors (Lipinski definition) is 1. The molecule has 0 fully saturated rings. The van der Waals surface area contributed by atoms with Crippen LogP contribution in [0.25, 0.3) is 0 Å². The standard InChI is InChI=1S/C16H20BrNS/c1-3-9-18-15(16-12(2)8-10-19-16)11-13-6-4-5-7-14(13)17/h4-8,10,15,18H,3,9,11H2,1-2H3. The summed E-state index contributed by atoms with van der Waals surface area (Å²) in [5.74, 6) is 0. The van der Waals surface area contributed by atoms with Gasteiger partial charge in [0.15, 0.2) is 0 Å². The lowest BCUT2D eigenvalue weighted by molar-refractivity contribution is 0.534. The zero-order chi connectivity index (χ0) is 13.7. The van der Waals surface area contributed by atoms with Crippen molar-refractivity contribution in [3.8, 4) is 0 Å². The second kappa shape index (κ2) is 7.22.